The molecule has 1 fully saturated rings. The van der Waals surface area contributed by atoms with Crippen LogP contribution >= 0.6 is 0 Å². The molecule has 1 amide bonds. The lowest BCUT2D eigenvalue weighted by atomic mass is 9.84. The third-order valence-electron chi connectivity index (χ3n) is 4.51. The average molecular weight is 364 g/mol. The van der Waals surface area contributed by atoms with Crippen molar-refractivity contribution in [1.29, 1.82) is 0 Å². The second-order valence-corrected chi connectivity index (χ2v) is 7.80. The number of nitrogens with zero attached hydrogens (tertiary/aromatic N) is 2. The van der Waals surface area contributed by atoms with Gasteiger partial charge in [0.15, 0.2) is 0 Å². The largest absolute Gasteiger partial charge is 0.496 e. The molecule has 0 bridgehead atoms. The van der Waals surface area contributed by atoms with Crippen molar-refractivity contribution in [3.63, 3.8) is 0 Å². The Bertz CT molecular complexity index is 662. The zero-order valence-electron chi connectivity index (χ0n) is 16.1. The number of hydrogen-bond donors (Lipinski definition) is 1. The van der Waals surface area contributed by atoms with Gasteiger partial charge < -0.3 is 19.5 Å². The first-order chi connectivity index (χ1) is 12.1. The van der Waals surface area contributed by atoms with Crippen molar-refractivity contribution in [1.82, 2.24) is 9.80 Å². The molecular formula is C19H28N2O5. The quantitative estimate of drug-likeness (QED) is 0.836. The van der Waals surface area contributed by atoms with Gasteiger partial charge >= 0.3 is 12.1 Å². The highest BCUT2D eigenvalue weighted by molar-refractivity contribution is 5.73. The van der Waals surface area contributed by atoms with Gasteiger partial charge in [-0.25, -0.2) is 4.79 Å². The van der Waals surface area contributed by atoms with E-state index in [4.69, 9.17) is 9.47 Å². The molecule has 1 aromatic rings. The van der Waals surface area contributed by atoms with Crippen LogP contribution in [0.4, 0.5) is 4.79 Å². The predicted octanol–water partition coefficient (Wildman–Crippen LogP) is 2.59. The van der Waals surface area contributed by atoms with Crippen molar-refractivity contribution in [2.24, 2.45) is 0 Å². The molecule has 1 aromatic carbocycles. The predicted molar refractivity (Wildman–Crippen MR) is 97.3 cm³/mol. The Kier molecular flexibility index (Phi) is 5.81. The van der Waals surface area contributed by atoms with Crippen LogP contribution < -0.4 is 4.74 Å². The van der Waals surface area contributed by atoms with Crippen LogP contribution in [-0.4, -0.2) is 65.4 Å². The van der Waals surface area contributed by atoms with Crippen LogP contribution in [0.3, 0.4) is 0 Å². The van der Waals surface area contributed by atoms with E-state index in [1.54, 1.807) is 12.0 Å². The van der Waals surface area contributed by atoms with Gasteiger partial charge in [-0.05, 0) is 33.9 Å². The van der Waals surface area contributed by atoms with E-state index in [2.05, 4.69) is 0 Å². The average Bonchev–Trinajstić information content (AvgIpc) is 2.48. The number of carbonyl (C=O) groups is 2. The fourth-order valence-corrected chi connectivity index (χ4v) is 3.15. The summed E-state index contributed by atoms with van der Waals surface area (Å²) < 4.78 is 10.8. The third kappa shape index (κ3) is 4.66. The summed E-state index contributed by atoms with van der Waals surface area (Å²) in [6.07, 6.45) is -0.456. The lowest BCUT2D eigenvalue weighted by Crippen LogP contribution is -2.71. The summed E-state index contributed by atoms with van der Waals surface area (Å²) >= 11 is 0. The third-order valence-corrected chi connectivity index (χ3v) is 4.51. The van der Waals surface area contributed by atoms with Gasteiger partial charge in [-0.2, -0.15) is 0 Å². The standard InChI is InChI=1S/C19H28N2O5/c1-18(2,3)26-17(24)21-12-19(13-21,10-16(22)23)20(4)11-14-8-6-7-9-15(14)25-5/h6-9H,10-13H2,1-5H3,(H,22,23). The summed E-state index contributed by atoms with van der Waals surface area (Å²) in [5.74, 6) is -0.131. The molecule has 0 radical (unpaired) electrons. The van der Waals surface area contributed by atoms with Gasteiger partial charge in [0, 0.05) is 25.2 Å². The van der Waals surface area contributed by atoms with E-state index < -0.39 is 23.2 Å². The van der Waals surface area contributed by atoms with E-state index in [0.29, 0.717) is 19.6 Å². The summed E-state index contributed by atoms with van der Waals surface area (Å²) in [4.78, 5) is 27.2. The number of methoxy groups -OCH3 is 1. The molecule has 0 spiro atoms. The first kappa shape index (κ1) is 20.0. The summed E-state index contributed by atoms with van der Waals surface area (Å²) in [5, 5.41) is 9.36. The highest BCUT2D eigenvalue weighted by Crippen LogP contribution is 2.34. The summed E-state index contributed by atoms with van der Waals surface area (Å²) in [5.41, 5.74) is -0.229. The van der Waals surface area contributed by atoms with Crippen LogP contribution in [0.2, 0.25) is 0 Å². The number of benzene rings is 1. The van der Waals surface area contributed by atoms with Crippen LogP contribution in [0.25, 0.3) is 0 Å². The van der Waals surface area contributed by atoms with Crippen molar-refractivity contribution >= 4 is 12.1 Å². The Morgan fingerprint density at radius 2 is 1.88 bits per heavy atom. The first-order valence-electron chi connectivity index (χ1n) is 8.59. The van der Waals surface area contributed by atoms with E-state index in [1.807, 2.05) is 57.0 Å². The molecule has 1 saturated heterocycles. The Morgan fingerprint density at radius 1 is 1.27 bits per heavy atom. The molecule has 0 aliphatic carbocycles. The van der Waals surface area contributed by atoms with E-state index in [9.17, 15) is 14.7 Å². The van der Waals surface area contributed by atoms with Crippen molar-refractivity contribution in [2.75, 3.05) is 27.2 Å². The normalized spacial score (nSPS) is 16.2. The molecule has 1 N–H and O–H groups in total. The number of aliphatic carboxylic acids is 1. The highest BCUT2D eigenvalue weighted by Gasteiger charge is 2.50. The van der Waals surface area contributed by atoms with Gasteiger partial charge in [-0.15, -0.1) is 0 Å². The number of ether oxygens (including phenoxy) is 2. The van der Waals surface area contributed by atoms with Crippen LogP contribution in [0.1, 0.15) is 32.8 Å². The van der Waals surface area contributed by atoms with Gasteiger partial charge in [0.25, 0.3) is 0 Å². The van der Waals surface area contributed by atoms with Crippen molar-refractivity contribution in [2.45, 2.75) is 44.9 Å². The number of amides is 1. The molecule has 7 heteroatoms. The van der Waals surface area contributed by atoms with Crippen molar-refractivity contribution in [3.8, 4) is 5.75 Å². The maximum atomic E-state index is 12.2. The van der Waals surface area contributed by atoms with Crippen LogP contribution in [0, 0.1) is 0 Å². The Labute approximate surface area is 154 Å². The number of para-hydroxylation sites is 1. The Hall–Kier alpha value is -2.28. The minimum absolute atomic E-state index is 0.0437. The molecule has 0 unspecified atom stereocenters. The minimum atomic E-state index is -0.888. The fraction of sp³-hybridized carbons (Fsp3) is 0.579. The lowest BCUT2D eigenvalue weighted by Gasteiger charge is -2.54. The number of hydrogen-bond acceptors (Lipinski definition) is 5. The van der Waals surface area contributed by atoms with E-state index in [0.717, 1.165) is 11.3 Å². The van der Waals surface area contributed by atoms with E-state index >= 15 is 0 Å². The van der Waals surface area contributed by atoms with Crippen LogP contribution in [-0.2, 0) is 16.1 Å². The molecule has 2 rings (SSSR count). The van der Waals surface area contributed by atoms with Gasteiger partial charge in [0.1, 0.15) is 11.4 Å². The van der Waals surface area contributed by atoms with Crippen LogP contribution in [0.5, 0.6) is 5.75 Å². The number of likely N-dealkylation sites (N-methyl/N-ethyl adjacent to an activating group) is 1. The lowest BCUT2D eigenvalue weighted by molar-refractivity contribution is -0.145. The molecule has 7 nitrogen and oxygen atoms in total. The van der Waals surface area contributed by atoms with Crippen molar-refractivity contribution in [3.05, 3.63) is 29.8 Å². The number of likely N-dealkylation sites (tertiary alicyclic amines) is 1. The summed E-state index contributed by atoms with van der Waals surface area (Å²) in [6, 6.07) is 7.64. The maximum absolute atomic E-state index is 12.2. The summed E-state index contributed by atoms with van der Waals surface area (Å²) in [6.45, 7) is 6.59. The Morgan fingerprint density at radius 3 is 2.42 bits per heavy atom. The minimum Gasteiger partial charge on any atom is -0.496 e. The second-order valence-electron chi connectivity index (χ2n) is 7.80. The van der Waals surface area contributed by atoms with Gasteiger partial charge in [0.05, 0.1) is 19.1 Å². The Balaban J connectivity index is 2.11. The molecule has 0 atom stereocenters. The zero-order valence-corrected chi connectivity index (χ0v) is 16.1. The van der Waals surface area contributed by atoms with Gasteiger partial charge in [0.2, 0.25) is 0 Å². The topological polar surface area (TPSA) is 79.3 Å². The molecule has 1 heterocycles. The smallest absolute Gasteiger partial charge is 0.410 e. The highest BCUT2D eigenvalue weighted by atomic mass is 16.6. The summed E-state index contributed by atoms with van der Waals surface area (Å²) in [7, 11) is 3.49. The van der Waals surface area contributed by atoms with Crippen molar-refractivity contribution < 1.29 is 24.2 Å². The van der Waals surface area contributed by atoms with Gasteiger partial charge in [-0.3, -0.25) is 9.69 Å². The first-order valence-corrected chi connectivity index (χ1v) is 8.59. The molecular weight excluding hydrogens is 336 g/mol. The number of rotatable bonds is 6. The number of carbonyl (C=O) groups excluding carboxylic acids is 1. The zero-order chi connectivity index (χ0) is 19.5. The molecule has 1 aliphatic rings. The monoisotopic (exact) mass is 364 g/mol. The van der Waals surface area contributed by atoms with E-state index in [-0.39, 0.29) is 6.42 Å². The molecule has 144 valence electrons. The molecule has 1 aliphatic heterocycles. The number of carboxylic acids is 1. The molecule has 0 aromatic heterocycles. The van der Waals surface area contributed by atoms with E-state index in [1.165, 1.54) is 0 Å². The maximum Gasteiger partial charge on any atom is 0.410 e. The van der Waals surface area contributed by atoms with Gasteiger partial charge in [-0.1, -0.05) is 18.2 Å². The molecule has 26 heavy (non-hydrogen) atoms. The second kappa shape index (κ2) is 7.53. The fourth-order valence-electron chi connectivity index (χ4n) is 3.15. The van der Waals surface area contributed by atoms with Crippen LogP contribution in [0.15, 0.2) is 24.3 Å². The SMILES string of the molecule is COc1ccccc1CN(C)C1(CC(=O)O)CN(C(=O)OC(C)(C)C)C1. The number of carboxylic acid groups (broad SMARTS) is 1. The molecule has 0 saturated carbocycles.